The molecule has 0 aliphatic rings. The van der Waals surface area contributed by atoms with Gasteiger partial charge in [0.15, 0.2) is 5.82 Å². The first kappa shape index (κ1) is 16.7. The molecule has 0 bridgehead atoms. The Balaban J connectivity index is 1.52. The number of carbonyl (C=O) groups is 2. The predicted molar refractivity (Wildman–Crippen MR) is 92.9 cm³/mol. The van der Waals surface area contributed by atoms with Crippen LogP contribution in [0.4, 0.5) is 10.6 Å². The zero-order valence-corrected chi connectivity index (χ0v) is 13.9. The highest BCUT2D eigenvalue weighted by Gasteiger charge is 2.09. The van der Waals surface area contributed by atoms with E-state index in [9.17, 15) is 9.59 Å². The van der Waals surface area contributed by atoms with Gasteiger partial charge in [0.2, 0.25) is 0 Å². The van der Waals surface area contributed by atoms with Crippen molar-refractivity contribution >= 4 is 29.2 Å². The smallest absolute Gasteiger partial charge is 0.413 e. The largest absolute Gasteiger partial charge is 0.477 e. The summed E-state index contributed by atoms with van der Waals surface area (Å²) in [6, 6.07) is 14.3. The molecule has 2 N–H and O–H groups in total. The molecule has 0 atom stereocenters. The van der Waals surface area contributed by atoms with E-state index >= 15 is 0 Å². The predicted octanol–water partition coefficient (Wildman–Crippen LogP) is 3.44. The second kappa shape index (κ2) is 7.63. The zero-order valence-electron chi connectivity index (χ0n) is 13.1. The molecule has 3 aromatic rings. The summed E-state index contributed by atoms with van der Waals surface area (Å²) in [5, 5.41) is 15.7. The number of carbonyl (C=O) groups excluding carboxylic acids is 1. The minimum Gasteiger partial charge on any atom is -0.477 e. The molecule has 0 saturated carbocycles. The van der Waals surface area contributed by atoms with Crippen molar-refractivity contribution < 1.29 is 19.4 Å². The van der Waals surface area contributed by atoms with Gasteiger partial charge in [0.1, 0.15) is 11.5 Å². The van der Waals surface area contributed by atoms with Gasteiger partial charge in [0, 0.05) is 17.1 Å². The van der Waals surface area contributed by atoms with Crippen LogP contribution in [0.2, 0.25) is 0 Å². The first-order valence-corrected chi connectivity index (χ1v) is 8.25. The molecule has 25 heavy (non-hydrogen) atoms. The number of aromatic carboxylic acids is 1. The van der Waals surface area contributed by atoms with Crippen LogP contribution in [0.1, 0.15) is 20.1 Å². The molecule has 3 rings (SSSR count). The second-order valence-electron chi connectivity index (χ2n) is 5.16. The Morgan fingerprint density at radius 1 is 1.16 bits per heavy atom. The second-order valence-corrected chi connectivity index (χ2v) is 6.32. The minimum atomic E-state index is -0.944. The van der Waals surface area contributed by atoms with Crippen molar-refractivity contribution in [3.63, 3.8) is 0 Å². The summed E-state index contributed by atoms with van der Waals surface area (Å²) in [5.41, 5.74) is 0.898. The Labute approximate surface area is 147 Å². The van der Waals surface area contributed by atoms with Crippen LogP contribution >= 0.6 is 11.3 Å². The average molecular weight is 357 g/mol. The first-order chi connectivity index (χ1) is 12.1. The normalized spacial score (nSPS) is 10.4. The number of rotatable bonds is 6. The Morgan fingerprint density at radius 3 is 2.68 bits per heavy atom. The van der Waals surface area contributed by atoms with Crippen molar-refractivity contribution in [2.45, 2.75) is 13.2 Å². The number of hydrogen-bond acceptors (Lipinski definition) is 5. The average Bonchev–Trinajstić information content (AvgIpc) is 3.24. The lowest BCUT2D eigenvalue weighted by molar-refractivity contribution is 0.0702. The van der Waals surface area contributed by atoms with Gasteiger partial charge in [-0.2, -0.15) is 5.10 Å². The number of thiophene rings is 1. The molecule has 128 valence electrons. The molecule has 1 amide bonds. The van der Waals surface area contributed by atoms with E-state index in [2.05, 4.69) is 10.4 Å². The quantitative estimate of drug-likeness (QED) is 0.705. The van der Waals surface area contributed by atoms with Crippen LogP contribution in [-0.2, 0) is 17.9 Å². The molecule has 0 fully saturated rings. The number of carboxylic acid groups (broad SMARTS) is 1. The molecule has 2 heterocycles. The van der Waals surface area contributed by atoms with E-state index in [1.807, 2.05) is 30.3 Å². The van der Waals surface area contributed by atoms with Gasteiger partial charge >= 0.3 is 12.1 Å². The minimum absolute atomic E-state index is 0.181. The number of aromatic nitrogens is 2. The number of amides is 1. The van der Waals surface area contributed by atoms with Gasteiger partial charge in [-0.1, -0.05) is 30.3 Å². The van der Waals surface area contributed by atoms with Gasteiger partial charge < -0.3 is 9.84 Å². The van der Waals surface area contributed by atoms with Crippen molar-refractivity contribution in [1.82, 2.24) is 9.78 Å². The summed E-state index contributed by atoms with van der Waals surface area (Å²) in [4.78, 5) is 23.8. The lowest BCUT2D eigenvalue weighted by Crippen LogP contribution is -2.14. The molecule has 0 radical (unpaired) electrons. The Kier molecular flexibility index (Phi) is 5.10. The molecular formula is C17H15N3O4S. The third-order valence-electron chi connectivity index (χ3n) is 3.27. The summed E-state index contributed by atoms with van der Waals surface area (Å²) >= 11 is 1.19. The van der Waals surface area contributed by atoms with E-state index in [0.29, 0.717) is 12.4 Å². The summed E-state index contributed by atoms with van der Waals surface area (Å²) in [6.07, 6.45) is 1.12. The molecule has 7 nitrogen and oxygen atoms in total. The fourth-order valence-corrected chi connectivity index (χ4v) is 2.96. The third kappa shape index (κ3) is 4.67. The maximum Gasteiger partial charge on any atom is 0.413 e. The molecule has 8 heteroatoms. The number of nitrogens with one attached hydrogen (secondary N) is 1. The highest BCUT2D eigenvalue weighted by molar-refractivity contribution is 7.13. The standard InChI is InChI=1S/C17H15N3O4S/c21-16(22)14-7-6-13(25-14)10-20-9-8-15(19-20)18-17(23)24-11-12-4-2-1-3-5-12/h1-9H,10-11H2,(H,21,22)(H,18,19,23). The maximum atomic E-state index is 11.8. The van der Waals surface area contributed by atoms with Crippen LogP contribution in [-0.4, -0.2) is 26.9 Å². The Bertz CT molecular complexity index is 873. The fraction of sp³-hybridized carbons (Fsp3) is 0.118. The van der Waals surface area contributed by atoms with Crippen LogP contribution < -0.4 is 5.32 Å². The number of hydrogen-bond donors (Lipinski definition) is 2. The molecule has 2 aromatic heterocycles. The molecule has 0 saturated heterocycles. The third-order valence-corrected chi connectivity index (χ3v) is 4.33. The van der Waals surface area contributed by atoms with Gasteiger partial charge in [-0.3, -0.25) is 10.00 Å². The maximum absolute atomic E-state index is 11.8. The summed E-state index contributed by atoms with van der Waals surface area (Å²) < 4.78 is 6.74. The molecule has 1 aromatic carbocycles. The van der Waals surface area contributed by atoms with Crippen LogP contribution in [0.25, 0.3) is 0 Å². The first-order valence-electron chi connectivity index (χ1n) is 7.43. The van der Waals surface area contributed by atoms with E-state index in [1.54, 1.807) is 29.1 Å². The SMILES string of the molecule is O=C(Nc1ccn(Cc2ccc(C(=O)O)s2)n1)OCc1ccccc1. The van der Waals surface area contributed by atoms with E-state index in [1.165, 1.54) is 11.3 Å². The topological polar surface area (TPSA) is 93.5 Å². The van der Waals surface area contributed by atoms with E-state index in [0.717, 1.165) is 10.4 Å². The summed E-state index contributed by atoms with van der Waals surface area (Å²) in [6.45, 7) is 0.610. The summed E-state index contributed by atoms with van der Waals surface area (Å²) in [5.74, 6) is -0.576. The number of benzene rings is 1. The van der Waals surface area contributed by atoms with Crippen molar-refractivity contribution in [3.8, 4) is 0 Å². The molecule has 0 aliphatic carbocycles. The number of ether oxygens (including phenoxy) is 1. The van der Waals surface area contributed by atoms with Gasteiger partial charge in [0.25, 0.3) is 0 Å². The molecular weight excluding hydrogens is 342 g/mol. The van der Waals surface area contributed by atoms with Crippen molar-refractivity contribution in [2.24, 2.45) is 0 Å². The van der Waals surface area contributed by atoms with E-state index in [4.69, 9.17) is 9.84 Å². The van der Waals surface area contributed by atoms with Gasteiger partial charge in [-0.15, -0.1) is 11.3 Å². The number of nitrogens with zero attached hydrogens (tertiary/aromatic N) is 2. The van der Waals surface area contributed by atoms with Gasteiger partial charge in [-0.05, 0) is 17.7 Å². The van der Waals surface area contributed by atoms with E-state index < -0.39 is 12.1 Å². The van der Waals surface area contributed by atoms with Crippen LogP contribution in [0.3, 0.4) is 0 Å². The number of anilines is 1. The Hall–Kier alpha value is -3.13. The van der Waals surface area contributed by atoms with Crippen molar-refractivity contribution in [3.05, 3.63) is 70.0 Å². The van der Waals surface area contributed by atoms with Crippen LogP contribution in [0.5, 0.6) is 0 Å². The lowest BCUT2D eigenvalue weighted by Gasteiger charge is -2.05. The Morgan fingerprint density at radius 2 is 1.96 bits per heavy atom. The highest BCUT2D eigenvalue weighted by atomic mass is 32.1. The lowest BCUT2D eigenvalue weighted by atomic mass is 10.2. The monoisotopic (exact) mass is 357 g/mol. The number of carboxylic acids is 1. The summed E-state index contributed by atoms with van der Waals surface area (Å²) in [7, 11) is 0. The molecule has 0 spiro atoms. The highest BCUT2D eigenvalue weighted by Crippen LogP contribution is 2.18. The fourth-order valence-electron chi connectivity index (χ4n) is 2.12. The zero-order chi connectivity index (χ0) is 17.6. The molecule has 0 aliphatic heterocycles. The molecule has 0 unspecified atom stereocenters. The van der Waals surface area contributed by atoms with Gasteiger partial charge in [-0.25, -0.2) is 9.59 Å². The van der Waals surface area contributed by atoms with Gasteiger partial charge in [0.05, 0.1) is 6.54 Å². The van der Waals surface area contributed by atoms with Crippen LogP contribution in [0, 0.1) is 0 Å². The van der Waals surface area contributed by atoms with Crippen LogP contribution in [0.15, 0.2) is 54.7 Å². The van der Waals surface area contributed by atoms with Crippen molar-refractivity contribution in [2.75, 3.05) is 5.32 Å². The van der Waals surface area contributed by atoms with Crippen molar-refractivity contribution in [1.29, 1.82) is 0 Å². The van der Waals surface area contributed by atoms with E-state index in [-0.39, 0.29) is 11.5 Å².